The minimum atomic E-state index is 1.08. The second kappa shape index (κ2) is 18.9. The van der Waals surface area contributed by atoms with Crippen molar-refractivity contribution in [3.8, 4) is 0 Å². The first kappa shape index (κ1) is 28.9. The van der Waals surface area contributed by atoms with Crippen LogP contribution in [0.25, 0.3) is 0 Å². The molecule has 2 aliphatic rings. The van der Waals surface area contributed by atoms with E-state index in [4.69, 9.17) is 0 Å². The Kier molecular flexibility index (Phi) is 16.6. The molecule has 8 nitrogen and oxygen atoms in total. The quantitative estimate of drug-likeness (QED) is 0.524. The second-order valence-corrected chi connectivity index (χ2v) is 10.3. The van der Waals surface area contributed by atoms with Crippen molar-refractivity contribution in [3.05, 3.63) is 0 Å². The molecule has 0 spiro atoms. The summed E-state index contributed by atoms with van der Waals surface area (Å²) in [5, 5.41) is 10.8. The standard InChI is InChI=1S/C25H56N8/c1-29-14-6-15-31(3)22-23-33(18-7-16-30(2)21-20-29)25-24-32-17-5-10-27-12-11-26-8-4-9-28-13-19-32/h26-28H,4-25H2,1-3H3. The molecular formula is C25H56N8. The molecule has 33 heavy (non-hydrogen) atoms. The van der Waals surface area contributed by atoms with Crippen LogP contribution in [0.2, 0.25) is 0 Å². The smallest absolute Gasteiger partial charge is 0.0110 e. The Morgan fingerprint density at radius 1 is 0.394 bits per heavy atom. The topological polar surface area (TPSA) is 52.3 Å². The van der Waals surface area contributed by atoms with Gasteiger partial charge in [-0.05, 0) is 99.2 Å². The first-order chi connectivity index (χ1) is 16.1. The lowest BCUT2D eigenvalue weighted by Gasteiger charge is -2.31. The summed E-state index contributed by atoms with van der Waals surface area (Å²) in [6.45, 7) is 20.9. The van der Waals surface area contributed by atoms with Crippen molar-refractivity contribution in [2.24, 2.45) is 0 Å². The van der Waals surface area contributed by atoms with Crippen LogP contribution in [-0.2, 0) is 0 Å². The second-order valence-electron chi connectivity index (χ2n) is 10.3. The summed E-state index contributed by atoms with van der Waals surface area (Å²) in [7, 11) is 6.86. The van der Waals surface area contributed by atoms with Crippen LogP contribution in [0, 0.1) is 0 Å². The number of rotatable bonds is 3. The molecule has 2 fully saturated rings. The van der Waals surface area contributed by atoms with Gasteiger partial charge in [-0.25, -0.2) is 0 Å². The SMILES string of the molecule is CN1CCCN(C)CCN(CCN2CCCNCCNCCCNCC2)CCCN(C)CC1. The summed E-state index contributed by atoms with van der Waals surface area (Å²) < 4.78 is 0. The van der Waals surface area contributed by atoms with Gasteiger partial charge in [0, 0.05) is 65.4 Å². The van der Waals surface area contributed by atoms with E-state index in [2.05, 4.69) is 61.6 Å². The van der Waals surface area contributed by atoms with Crippen LogP contribution < -0.4 is 16.0 Å². The van der Waals surface area contributed by atoms with Crippen molar-refractivity contribution < 1.29 is 0 Å². The van der Waals surface area contributed by atoms with Gasteiger partial charge >= 0.3 is 0 Å². The highest BCUT2D eigenvalue weighted by molar-refractivity contribution is 4.70. The van der Waals surface area contributed by atoms with Crippen LogP contribution in [0.3, 0.4) is 0 Å². The fourth-order valence-corrected chi connectivity index (χ4v) is 4.67. The van der Waals surface area contributed by atoms with Crippen molar-refractivity contribution in [2.75, 3.05) is 139 Å². The molecule has 8 heteroatoms. The molecular weight excluding hydrogens is 412 g/mol. The van der Waals surface area contributed by atoms with E-state index in [0.717, 1.165) is 45.8 Å². The Labute approximate surface area is 205 Å². The van der Waals surface area contributed by atoms with Crippen molar-refractivity contribution in [1.82, 2.24) is 40.4 Å². The number of hydrogen-bond donors (Lipinski definition) is 3. The minimum Gasteiger partial charge on any atom is -0.315 e. The van der Waals surface area contributed by atoms with E-state index in [1.54, 1.807) is 0 Å². The molecule has 2 heterocycles. The Morgan fingerprint density at radius 3 is 1.48 bits per heavy atom. The van der Waals surface area contributed by atoms with Crippen molar-refractivity contribution in [3.63, 3.8) is 0 Å². The lowest BCUT2D eigenvalue weighted by molar-refractivity contribution is 0.168. The molecule has 2 rings (SSSR count). The zero-order chi connectivity index (χ0) is 23.6. The summed E-state index contributed by atoms with van der Waals surface area (Å²) in [4.78, 5) is 13.0. The summed E-state index contributed by atoms with van der Waals surface area (Å²) in [5.41, 5.74) is 0. The van der Waals surface area contributed by atoms with E-state index in [0.29, 0.717) is 0 Å². The molecule has 0 aromatic heterocycles. The summed E-state index contributed by atoms with van der Waals surface area (Å²) in [6, 6.07) is 0. The molecule has 0 aliphatic carbocycles. The molecule has 2 aliphatic heterocycles. The number of nitrogens with zero attached hydrogens (tertiary/aromatic N) is 5. The molecule has 0 aromatic rings. The van der Waals surface area contributed by atoms with Gasteiger partial charge in [-0.2, -0.15) is 0 Å². The van der Waals surface area contributed by atoms with E-state index in [9.17, 15) is 0 Å². The van der Waals surface area contributed by atoms with Crippen molar-refractivity contribution >= 4 is 0 Å². The molecule has 196 valence electrons. The highest BCUT2D eigenvalue weighted by Gasteiger charge is 2.12. The maximum absolute atomic E-state index is 3.65. The van der Waals surface area contributed by atoms with E-state index in [1.807, 2.05) is 0 Å². The third-order valence-electron chi connectivity index (χ3n) is 7.11. The van der Waals surface area contributed by atoms with Crippen molar-refractivity contribution in [2.45, 2.75) is 25.7 Å². The minimum absolute atomic E-state index is 1.08. The average Bonchev–Trinajstić information content (AvgIpc) is 2.80. The molecule has 0 radical (unpaired) electrons. The average molecular weight is 469 g/mol. The third-order valence-corrected chi connectivity index (χ3v) is 7.11. The summed E-state index contributed by atoms with van der Waals surface area (Å²) in [5.74, 6) is 0. The molecule has 0 unspecified atom stereocenters. The predicted molar refractivity (Wildman–Crippen MR) is 142 cm³/mol. The lowest BCUT2D eigenvalue weighted by atomic mass is 10.3. The monoisotopic (exact) mass is 468 g/mol. The predicted octanol–water partition coefficient (Wildman–Crippen LogP) is -0.258. The van der Waals surface area contributed by atoms with Gasteiger partial charge in [0.1, 0.15) is 0 Å². The lowest BCUT2D eigenvalue weighted by Crippen LogP contribution is -2.43. The van der Waals surface area contributed by atoms with Gasteiger partial charge in [-0.3, -0.25) is 0 Å². The molecule has 2 saturated heterocycles. The number of hydrogen-bond acceptors (Lipinski definition) is 8. The van der Waals surface area contributed by atoms with Crippen LogP contribution in [0.15, 0.2) is 0 Å². The highest BCUT2D eigenvalue weighted by atomic mass is 15.2. The Morgan fingerprint density at radius 2 is 0.848 bits per heavy atom. The Bertz CT molecular complexity index is 438. The van der Waals surface area contributed by atoms with Crippen molar-refractivity contribution in [1.29, 1.82) is 0 Å². The Hall–Kier alpha value is -0.320. The molecule has 0 aromatic carbocycles. The van der Waals surface area contributed by atoms with Crippen LogP contribution >= 0.6 is 0 Å². The van der Waals surface area contributed by atoms with E-state index >= 15 is 0 Å². The largest absolute Gasteiger partial charge is 0.315 e. The first-order valence-corrected chi connectivity index (χ1v) is 13.8. The fraction of sp³-hybridized carbons (Fsp3) is 1.00. The van der Waals surface area contributed by atoms with Gasteiger partial charge in [0.15, 0.2) is 0 Å². The van der Waals surface area contributed by atoms with Crippen LogP contribution in [-0.4, -0.2) is 163 Å². The molecule has 0 atom stereocenters. The van der Waals surface area contributed by atoms with Gasteiger partial charge in [-0.15, -0.1) is 0 Å². The zero-order valence-corrected chi connectivity index (χ0v) is 22.3. The van der Waals surface area contributed by atoms with Gasteiger partial charge in [0.05, 0.1) is 0 Å². The molecule has 0 bridgehead atoms. The van der Waals surface area contributed by atoms with E-state index in [-0.39, 0.29) is 0 Å². The number of nitrogens with one attached hydrogen (secondary N) is 3. The van der Waals surface area contributed by atoms with Gasteiger partial charge in [0.2, 0.25) is 0 Å². The molecule has 3 N–H and O–H groups in total. The molecule has 0 saturated carbocycles. The number of likely N-dealkylation sites (N-methyl/N-ethyl adjacent to an activating group) is 3. The Balaban J connectivity index is 1.80. The third kappa shape index (κ3) is 15.3. The van der Waals surface area contributed by atoms with Crippen LogP contribution in [0.5, 0.6) is 0 Å². The van der Waals surface area contributed by atoms with Crippen LogP contribution in [0.4, 0.5) is 0 Å². The van der Waals surface area contributed by atoms with Gasteiger partial charge in [0.25, 0.3) is 0 Å². The zero-order valence-electron chi connectivity index (χ0n) is 22.3. The summed E-state index contributed by atoms with van der Waals surface area (Å²) in [6.07, 6.45) is 4.99. The maximum atomic E-state index is 3.65. The molecule has 0 amide bonds. The maximum Gasteiger partial charge on any atom is 0.0110 e. The van der Waals surface area contributed by atoms with E-state index in [1.165, 1.54) is 97.7 Å². The van der Waals surface area contributed by atoms with Gasteiger partial charge in [-0.1, -0.05) is 0 Å². The van der Waals surface area contributed by atoms with E-state index < -0.39 is 0 Å². The first-order valence-electron chi connectivity index (χ1n) is 13.8. The fourth-order valence-electron chi connectivity index (χ4n) is 4.67. The highest BCUT2D eigenvalue weighted by Crippen LogP contribution is 2.01. The van der Waals surface area contributed by atoms with Crippen LogP contribution in [0.1, 0.15) is 25.7 Å². The summed E-state index contributed by atoms with van der Waals surface area (Å²) >= 11 is 0. The normalized spacial score (nSPS) is 25.9. The van der Waals surface area contributed by atoms with Gasteiger partial charge < -0.3 is 40.4 Å².